The summed E-state index contributed by atoms with van der Waals surface area (Å²) in [6.45, 7) is 1.60. The highest BCUT2D eigenvalue weighted by Gasteiger charge is 2.14. The molecule has 0 aliphatic carbocycles. The Kier molecular flexibility index (Phi) is 5.38. The minimum Gasteiger partial charge on any atom is -0.486 e. The topological polar surface area (TPSA) is 65.4 Å². The summed E-state index contributed by atoms with van der Waals surface area (Å²) in [5.74, 6) is 1.26. The van der Waals surface area contributed by atoms with Crippen molar-refractivity contribution in [2.45, 2.75) is 6.42 Å². The molecule has 1 aliphatic rings. The molecule has 142 valence electrons. The average molecular weight is 375 g/mol. The molecule has 0 radical (unpaired) electrons. The minimum atomic E-state index is -0.144. The maximum atomic E-state index is 12.2. The molecule has 0 saturated carbocycles. The number of fused-ring (bicyclic) bond motifs is 1. The Bertz CT molecular complexity index is 980. The SMILES string of the molecule is O=C(/C=C/c1cccc2c1OCCO2)NCCc1ccccc1-n1ccnc1. The summed E-state index contributed by atoms with van der Waals surface area (Å²) in [5, 5.41) is 2.93. The molecule has 1 N–H and O–H groups in total. The van der Waals surface area contributed by atoms with Crippen LogP contribution < -0.4 is 14.8 Å². The molecule has 2 heterocycles. The van der Waals surface area contributed by atoms with Gasteiger partial charge in [-0.25, -0.2) is 4.98 Å². The smallest absolute Gasteiger partial charge is 0.244 e. The number of aromatic nitrogens is 2. The maximum Gasteiger partial charge on any atom is 0.244 e. The van der Waals surface area contributed by atoms with Gasteiger partial charge in [-0.1, -0.05) is 30.3 Å². The summed E-state index contributed by atoms with van der Waals surface area (Å²) in [5.41, 5.74) is 3.04. The molecule has 6 nitrogen and oxygen atoms in total. The van der Waals surface area contributed by atoms with Gasteiger partial charge < -0.3 is 19.4 Å². The minimum absolute atomic E-state index is 0.144. The van der Waals surface area contributed by atoms with Gasteiger partial charge in [0.1, 0.15) is 13.2 Å². The number of hydrogen-bond donors (Lipinski definition) is 1. The van der Waals surface area contributed by atoms with E-state index in [0.717, 1.165) is 23.2 Å². The molecule has 0 saturated heterocycles. The third-order valence-electron chi connectivity index (χ3n) is 4.48. The second-order valence-electron chi connectivity index (χ2n) is 6.34. The summed E-state index contributed by atoms with van der Waals surface area (Å²) >= 11 is 0. The number of ether oxygens (including phenoxy) is 2. The molecule has 2 aromatic carbocycles. The van der Waals surface area contributed by atoms with Crippen LogP contribution in [0.2, 0.25) is 0 Å². The van der Waals surface area contributed by atoms with Crippen molar-refractivity contribution in [3.05, 3.63) is 78.4 Å². The molecular weight excluding hydrogens is 354 g/mol. The third kappa shape index (κ3) is 4.06. The molecule has 0 fully saturated rings. The second-order valence-corrected chi connectivity index (χ2v) is 6.34. The molecule has 0 unspecified atom stereocenters. The van der Waals surface area contributed by atoms with E-state index in [0.29, 0.717) is 31.3 Å². The van der Waals surface area contributed by atoms with Gasteiger partial charge in [-0.3, -0.25) is 4.79 Å². The number of hydrogen-bond acceptors (Lipinski definition) is 4. The van der Waals surface area contributed by atoms with Crippen molar-refractivity contribution in [2.24, 2.45) is 0 Å². The van der Waals surface area contributed by atoms with Crippen LogP contribution in [0.4, 0.5) is 0 Å². The Morgan fingerprint density at radius 2 is 2.04 bits per heavy atom. The number of nitrogens with one attached hydrogen (secondary N) is 1. The Hall–Kier alpha value is -3.54. The molecule has 1 aromatic heterocycles. The first-order valence-corrected chi connectivity index (χ1v) is 9.22. The van der Waals surface area contributed by atoms with Crippen molar-refractivity contribution in [3.8, 4) is 17.2 Å². The number of imidazole rings is 1. The van der Waals surface area contributed by atoms with E-state index in [9.17, 15) is 4.79 Å². The lowest BCUT2D eigenvalue weighted by Gasteiger charge is -2.19. The lowest BCUT2D eigenvalue weighted by atomic mass is 10.1. The normalized spacial score (nSPS) is 12.9. The number of rotatable bonds is 6. The largest absolute Gasteiger partial charge is 0.486 e. The Labute approximate surface area is 163 Å². The molecule has 6 heteroatoms. The molecular formula is C22H21N3O3. The fourth-order valence-electron chi connectivity index (χ4n) is 3.15. The Morgan fingerprint density at radius 3 is 2.93 bits per heavy atom. The first kappa shape index (κ1) is 17.9. The summed E-state index contributed by atoms with van der Waals surface area (Å²) in [6.07, 6.45) is 9.43. The highest BCUT2D eigenvalue weighted by molar-refractivity contribution is 5.92. The van der Waals surface area contributed by atoms with Gasteiger partial charge in [0.2, 0.25) is 5.91 Å². The quantitative estimate of drug-likeness (QED) is 0.673. The van der Waals surface area contributed by atoms with Crippen molar-refractivity contribution in [1.29, 1.82) is 0 Å². The van der Waals surface area contributed by atoms with E-state index in [-0.39, 0.29) is 5.91 Å². The van der Waals surface area contributed by atoms with Crippen LogP contribution in [0.5, 0.6) is 11.5 Å². The predicted molar refractivity (Wildman–Crippen MR) is 107 cm³/mol. The monoisotopic (exact) mass is 375 g/mol. The summed E-state index contributed by atoms with van der Waals surface area (Å²) in [6, 6.07) is 13.7. The zero-order valence-corrected chi connectivity index (χ0v) is 15.4. The molecule has 4 rings (SSSR count). The standard InChI is InChI=1S/C22H21N3O3/c26-21(9-8-18-5-3-7-20-22(18)28-15-14-27-20)24-11-10-17-4-1-2-6-19(17)25-13-12-23-16-25/h1-9,12-13,16H,10-11,14-15H2,(H,24,26)/b9-8+. The van der Waals surface area contributed by atoms with Crippen LogP contribution >= 0.6 is 0 Å². The molecule has 0 atom stereocenters. The van der Waals surface area contributed by atoms with E-state index in [1.807, 2.05) is 47.2 Å². The number of carbonyl (C=O) groups excluding carboxylic acids is 1. The maximum absolute atomic E-state index is 12.2. The van der Waals surface area contributed by atoms with Gasteiger partial charge in [-0.2, -0.15) is 0 Å². The molecule has 28 heavy (non-hydrogen) atoms. The first-order valence-electron chi connectivity index (χ1n) is 9.22. The van der Waals surface area contributed by atoms with E-state index < -0.39 is 0 Å². The lowest BCUT2D eigenvalue weighted by Crippen LogP contribution is -2.23. The zero-order chi connectivity index (χ0) is 19.2. The summed E-state index contributed by atoms with van der Waals surface area (Å²) in [7, 11) is 0. The van der Waals surface area contributed by atoms with Crippen molar-refractivity contribution in [1.82, 2.24) is 14.9 Å². The van der Waals surface area contributed by atoms with Crippen molar-refractivity contribution < 1.29 is 14.3 Å². The molecule has 1 aliphatic heterocycles. The molecule has 3 aromatic rings. The number of carbonyl (C=O) groups is 1. The van der Waals surface area contributed by atoms with E-state index in [1.54, 1.807) is 18.6 Å². The van der Waals surface area contributed by atoms with Crippen LogP contribution in [0.1, 0.15) is 11.1 Å². The zero-order valence-electron chi connectivity index (χ0n) is 15.4. The molecule has 0 bridgehead atoms. The van der Waals surface area contributed by atoms with Crippen molar-refractivity contribution >= 4 is 12.0 Å². The van der Waals surface area contributed by atoms with Gasteiger partial charge in [0.15, 0.2) is 11.5 Å². The van der Waals surface area contributed by atoms with E-state index in [1.165, 1.54) is 6.08 Å². The van der Waals surface area contributed by atoms with Crippen molar-refractivity contribution in [3.63, 3.8) is 0 Å². The predicted octanol–water partition coefficient (Wildman–Crippen LogP) is 3.02. The fourth-order valence-corrected chi connectivity index (χ4v) is 3.15. The number of nitrogens with zero attached hydrogens (tertiary/aromatic N) is 2. The van der Waals surface area contributed by atoms with Gasteiger partial charge in [-0.05, 0) is 30.2 Å². The van der Waals surface area contributed by atoms with E-state index >= 15 is 0 Å². The lowest BCUT2D eigenvalue weighted by molar-refractivity contribution is -0.116. The Balaban J connectivity index is 1.36. The van der Waals surface area contributed by atoms with E-state index in [4.69, 9.17) is 9.47 Å². The number of amides is 1. The van der Waals surface area contributed by atoms with Gasteiger partial charge in [0.25, 0.3) is 0 Å². The van der Waals surface area contributed by atoms with Gasteiger partial charge in [-0.15, -0.1) is 0 Å². The molecule has 1 amide bonds. The average Bonchev–Trinajstić information content (AvgIpc) is 3.27. The second kappa shape index (κ2) is 8.43. The van der Waals surface area contributed by atoms with Crippen LogP contribution in [-0.2, 0) is 11.2 Å². The number of benzene rings is 2. The van der Waals surface area contributed by atoms with E-state index in [2.05, 4.69) is 16.4 Å². The van der Waals surface area contributed by atoms with Gasteiger partial charge in [0, 0.05) is 36.3 Å². The van der Waals surface area contributed by atoms with Crippen LogP contribution in [-0.4, -0.2) is 35.2 Å². The van der Waals surface area contributed by atoms with Gasteiger partial charge >= 0.3 is 0 Å². The van der Waals surface area contributed by atoms with Gasteiger partial charge in [0.05, 0.1) is 6.33 Å². The Morgan fingerprint density at radius 1 is 1.14 bits per heavy atom. The third-order valence-corrected chi connectivity index (χ3v) is 4.48. The van der Waals surface area contributed by atoms with Crippen molar-refractivity contribution in [2.75, 3.05) is 19.8 Å². The summed E-state index contributed by atoms with van der Waals surface area (Å²) in [4.78, 5) is 16.3. The van der Waals surface area contributed by atoms with Crippen LogP contribution in [0.15, 0.2) is 67.3 Å². The highest BCUT2D eigenvalue weighted by Crippen LogP contribution is 2.34. The highest BCUT2D eigenvalue weighted by atomic mass is 16.6. The van der Waals surface area contributed by atoms with Crippen LogP contribution in [0.3, 0.4) is 0 Å². The number of para-hydroxylation sites is 2. The molecule has 0 spiro atoms. The summed E-state index contributed by atoms with van der Waals surface area (Å²) < 4.78 is 13.2. The first-order chi connectivity index (χ1) is 13.8. The van der Waals surface area contributed by atoms with Crippen LogP contribution in [0, 0.1) is 0 Å². The fraction of sp³-hybridized carbons (Fsp3) is 0.182. The van der Waals surface area contributed by atoms with Crippen LogP contribution in [0.25, 0.3) is 11.8 Å².